The lowest BCUT2D eigenvalue weighted by Crippen LogP contribution is -2.48. The van der Waals surface area contributed by atoms with E-state index in [1.165, 1.54) is 5.56 Å². The zero-order valence-electron chi connectivity index (χ0n) is 15.0. The van der Waals surface area contributed by atoms with Gasteiger partial charge in [0, 0.05) is 63.5 Å². The van der Waals surface area contributed by atoms with E-state index < -0.39 is 0 Å². The average Bonchev–Trinajstić information content (AvgIpc) is 3.39. The van der Waals surface area contributed by atoms with E-state index >= 15 is 0 Å². The highest BCUT2D eigenvalue weighted by Crippen LogP contribution is 2.16. The van der Waals surface area contributed by atoms with Crippen molar-refractivity contribution < 1.29 is 9.32 Å². The van der Waals surface area contributed by atoms with E-state index in [0.717, 1.165) is 38.3 Å². The molecule has 0 aliphatic carbocycles. The Bertz CT molecular complexity index is 857. The Morgan fingerprint density at radius 1 is 1.15 bits per heavy atom. The van der Waals surface area contributed by atoms with Gasteiger partial charge in [0.25, 0.3) is 0 Å². The molecule has 3 aromatic heterocycles. The van der Waals surface area contributed by atoms with Gasteiger partial charge in [-0.05, 0) is 34.5 Å². The Labute approximate surface area is 161 Å². The van der Waals surface area contributed by atoms with E-state index in [2.05, 4.69) is 36.9 Å². The molecule has 0 N–H and O–H groups in total. The topological polar surface area (TPSA) is 75.4 Å². The average molecular weight is 383 g/mol. The predicted octanol–water partition coefficient (Wildman–Crippen LogP) is 2.47. The molecule has 0 spiro atoms. The van der Waals surface area contributed by atoms with Crippen molar-refractivity contribution in [2.24, 2.45) is 0 Å². The van der Waals surface area contributed by atoms with E-state index in [0.29, 0.717) is 24.6 Å². The Balaban J connectivity index is 1.24. The first kappa shape index (κ1) is 17.8. The van der Waals surface area contributed by atoms with Gasteiger partial charge in [0.05, 0.1) is 0 Å². The minimum atomic E-state index is 0.147. The van der Waals surface area contributed by atoms with Crippen molar-refractivity contribution in [1.29, 1.82) is 0 Å². The number of piperazine rings is 1. The summed E-state index contributed by atoms with van der Waals surface area (Å²) in [7, 11) is 0. The lowest BCUT2D eigenvalue weighted by Gasteiger charge is -2.34. The summed E-state index contributed by atoms with van der Waals surface area (Å²) in [6.45, 7) is 4.33. The second kappa shape index (κ2) is 8.41. The number of amides is 1. The number of pyridine rings is 1. The van der Waals surface area contributed by atoms with Gasteiger partial charge in [-0.25, -0.2) is 0 Å². The number of nitrogens with zero attached hydrogens (tertiary/aromatic N) is 5. The molecule has 0 bridgehead atoms. The van der Waals surface area contributed by atoms with Crippen molar-refractivity contribution in [1.82, 2.24) is 24.9 Å². The van der Waals surface area contributed by atoms with Crippen molar-refractivity contribution in [3.63, 3.8) is 0 Å². The summed E-state index contributed by atoms with van der Waals surface area (Å²) in [6, 6.07) is 5.82. The molecule has 1 aliphatic rings. The van der Waals surface area contributed by atoms with Crippen molar-refractivity contribution in [2.45, 2.75) is 19.4 Å². The van der Waals surface area contributed by atoms with Crippen LogP contribution in [0.3, 0.4) is 0 Å². The van der Waals surface area contributed by atoms with Crippen LogP contribution < -0.4 is 0 Å². The van der Waals surface area contributed by atoms with Gasteiger partial charge >= 0.3 is 0 Å². The van der Waals surface area contributed by atoms with Crippen molar-refractivity contribution >= 4 is 17.2 Å². The normalized spacial score (nSPS) is 15.2. The number of thiophene rings is 1. The number of carbonyl (C=O) groups excluding carboxylic acids is 1. The Kier molecular flexibility index (Phi) is 5.55. The maximum Gasteiger partial charge on any atom is 0.227 e. The van der Waals surface area contributed by atoms with Crippen LogP contribution in [0.4, 0.5) is 0 Å². The molecule has 4 heterocycles. The minimum Gasteiger partial charge on any atom is -0.340 e. The van der Waals surface area contributed by atoms with Crippen LogP contribution in [0.25, 0.3) is 11.4 Å². The number of rotatable bonds is 6. The Hall–Kier alpha value is -2.58. The molecule has 0 atom stereocenters. The molecule has 8 heteroatoms. The largest absolute Gasteiger partial charge is 0.340 e. The van der Waals surface area contributed by atoms with E-state index in [9.17, 15) is 4.79 Å². The molecule has 0 aromatic carbocycles. The van der Waals surface area contributed by atoms with Gasteiger partial charge < -0.3 is 9.42 Å². The van der Waals surface area contributed by atoms with Gasteiger partial charge in [-0.15, -0.1) is 0 Å². The van der Waals surface area contributed by atoms with Crippen LogP contribution in [-0.2, 0) is 17.8 Å². The van der Waals surface area contributed by atoms with E-state index in [4.69, 9.17) is 4.52 Å². The van der Waals surface area contributed by atoms with Crippen molar-refractivity contribution in [3.8, 4) is 11.4 Å². The third-order valence-electron chi connectivity index (χ3n) is 4.67. The molecule has 3 aromatic rings. The molecule has 0 unspecified atom stereocenters. The summed E-state index contributed by atoms with van der Waals surface area (Å²) < 4.78 is 5.27. The Morgan fingerprint density at radius 2 is 1.96 bits per heavy atom. The standard InChI is InChI=1S/C19H21N5O2S/c25-18(24-10-8-23(9-11-24)13-15-5-12-27-14-15)2-1-17-21-19(22-26-17)16-3-6-20-7-4-16/h3-7,12,14H,1-2,8-11,13H2. The van der Waals surface area contributed by atoms with Crippen LogP contribution >= 0.6 is 11.3 Å². The van der Waals surface area contributed by atoms with Gasteiger partial charge in [0.15, 0.2) is 0 Å². The number of aromatic nitrogens is 3. The zero-order valence-corrected chi connectivity index (χ0v) is 15.8. The molecule has 1 amide bonds. The highest BCUT2D eigenvalue weighted by molar-refractivity contribution is 7.07. The fourth-order valence-electron chi connectivity index (χ4n) is 3.14. The van der Waals surface area contributed by atoms with Crippen molar-refractivity contribution in [3.05, 3.63) is 52.8 Å². The Morgan fingerprint density at radius 3 is 2.70 bits per heavy atom. The van der Waals surface area contributed by atoms with Gasteiger partial charge in [-0.1, -0.05) is 5.16 Å². The van der Waals surface area contributed by atoms with E-state index in [1.54, 1.807) is 23.7 Å². The number of carbonyl (C=O) groups is 1. The first-order chi connectivity index (χ1) is 13.3. The van der Waals surface area contributed by atoms with Crippen LogP contribution in [0.1, 0.15) is 17.9 Å². The second-order valence-electron chi connectivity index (χ2n) is 6.54. The number of aryl methyl sites for hydroxylation is 1. The molecule has 0 radical (unpaired) electrons. The highest BCUT2D eigenvalue weighted by atomic mass is 32.1. The molecule has 27 heavy (non-hydrogen) atoms. The fraction of sp³-hybridized carbons (Fsp3) is 0.368. The molecule has 1 aliphatic heterocycles. The van der Waals surface area contributed by atoms with Crippen LogP contribution in [-0.4, -0.2) is 57.0 Å². The molecular formula is C19H21N5O2S. The molecular weight excluding hydrogens is 362 g/mol. The van der Waals surface area contributed by atoms with Gasteiger partial charge in [0.2, 0.25) is 17.6 Å². The highest BCUT2D eigenvalue weighted by Gasteiger charge is 2.21. The monoisotopic (exact) mass is 383 g/mol. The van der Waals surface area contributed by atoms with Crippen LogP contribution in [0, 0.1) is 0 Å². The lowest BCUT2D eigenvalue weighted by molar-refractivity contribution is -0.133. The SMILES string of the molecule is O=C(CCc1nc(-c2ccncc2)no1)N1CCN(Cc2ccsc2)CC1. The summed E-state index contributed by atoms with van der Waals surface area (Å²) in [5.41, 5.74) is 2.20. The number of hydrogen-bond donors (Lipinski definition) is 0. The van der Waals surface area contributed by atoms with Gasteiger partial charge in [-0.3, -0.25) is 14.7 Å². The summed E-state index contributed by atoms with van der Waals surface area (Å²) in [6.07, 6.45) is 4.23. The number of hydrogen-bond acceptors (Lipinski definition) is 7. The summed E-state index contributed by atoms with van der Waals surface area (Å²) in [5, 5.41) is 8.26. The molecule has 1 saturated heterocycles. The second-order valence-corrected chi connectivity index (χ2v) is 7.32. The minimum absolute atomic E-state index is 0.147. The maximum atomic E-state index is 12.5. The first-order valence-corrected chi connectivity index (χ1v) is 9.96. The summed E-state index contributed by atoms with van der Waals surface area (Å²) in [4.78, 5) is 25.2. The summed E-state index contributed by atoms with van der Waals surface area (Å²) in [5.74, 6) is 1.17. The van der Waals surface area contributed by atoms with E-state index in [-0.39, 0.29) is 5.91 Å². The summed E-state index contributed by atoms with van der Waals surface area (Å²) >= 11 is 1.72. The smallest absolute Gasteiger partial charge is 0.227 e. The molecule has 140 valence electrons. The van der Waals surface area contributed by atoms with Crippen LogP contribution in [0.2, 0.25) is 0 Å². The van der Waals surface area contributed by atoms with Gasteiger partial charge in [-0.2, -0.15) is 16.3 Å². The predicted molar refractivity (Wildman–Crippen MR) is 102 cm³/mol. The molecule has 4 rings (SSSR count). The van der Waals surface area contributed by atoms with Crippen LogP contribution in [0.15, 0.2) is 45.9 Å². The molecule has 1 fully saturated rings. The quantitative estimate of drug-likeness (QED) is 0.651. The maximum absolute atomic E-state index is 12.5. The van der Waals surface area contributed by atoms with Gasteiger partial charge in [0.1, 0.15) is 0 Å². The third kappa shape index (κ3) is 4.58. The molecule has 0 saturated carbocycles. The first-order valence-electron chi connectivity index (χ1n) is 9.02. The third-order valence-corrected chi connectivity index (χ3v) is 5.40. The molecule has 7 nitrogen and oxygen atoms in total. The van der Waals surface area contributed by atoms with Crippen molar-refractivity contribution in [2.75, 3.05) is 26.2 Å². The van der Waals surface area contributed by atoms with E-state index in [1.807, 2.05) is 17.0 Å². The van der Waals surface area contributed by atoms with Crippen LogP contribution in [0.5, 0.6) is 0 Å². The lowest BCUT2D eigenvalue weighted by atomic mass is 10.2. The zero-order chi connectivity index (χ0) is 18.5. The fourth-order valence-corrected chi connectivity index (χ4v) is 3.80.